The van der Waals surface area contributed by atoms with Gasteiger partial charge in [0.2, 0.25) is 0 Å². The van der Waals surface area contributed by atoms with Gasteiger partial charge in [-0.15, -0.1) is 0 Å². The third kappa shape index (κ3) is 3.42. The first kappa shape index (κ1) is 17.6. The highest BCUT2D eigenvalue weighted by Crippen LogP contribution is 2.57. The Labute approximate surface area is 126 Å². The number of alkyl halides is 7. The fourth-order valence-electron chi connectivity index (χ4n) is 2.27. The highest BCUT2D eigenvalue weighted by molar-refractivity contribution is 5.78. The molecule has 1 aromatic rings. The molecule has 23 heavy (non-hydrogen) atoms. The lowest BCUT2D eigenvalue weighted by atomic mass is 9.99. The fraction of sp³-hybridized carbons (Fsp3) is 0.500. The highest BCUT2D eigenvalue weighted by atomic mass is 19.4. The summed E-state index contributed by atoms with van der Waals surface area (Å²) >= 11 is 0. The molecule has 0 aromatic heterocycles. The smallest absolute Gasteiger partial charge is 0.416 e. The van der Waals surface area contributed by atoms with Crippen molar-refractivity contribution in [1.29, 1.82) is 0 Å². The summed E-state index contributed by atoms with van der Waals surface area (Å²) in [6.45, 7) is 1.38. The van der Waals surface area contributed by atoms with Gasteiger partial charge in [0.15, 0.2) is 0 Å². The van der Waals surface area contributed by atoms with Crippen LogP contribution in [0.3, 0.4) is 0 Å². The SMILES string of the molecule is CCOC(=O)[C@H]1C[C@]1(F)c1cc(C(F)(F)F)cc(C(F)(F)F)c1. The molecule has 2 atom stereocenters. The van der Waals surface area contributed by atoms with Crippen molar-refractivity contribution in [2.45, 2.75) is 31.4 Å². The number of carbonyl (C=O) groups excluding carboxylic acids is 1. The molecule has 0 heterocycles. The average Bonchev–Trinajstić information content (AvgIpc) is 3.10. The van der Waals surface area contributed by atoms with Crippen molar-refractivity contribution in [2.75, 3.05) is 6.61 Å². The molecule has 0 bridgehead atoms. The maximum Gasteiger partial charge on any atom is 0.416 e. The Morgan fingerprint density at radius 3 is 2.00 bits per heavy atom. The number of ether oxygens (including phenoxy) is 1. The van der Waals surface area contributed by atoms with Crippen LogP contribution in [0.15, 0.2) is 18.2 Å². The Balaban J connectivity index is 2.45. The maximum atomic E-state index is 14.6. The van der Waals surface area contributed by atoms with E-state index in [-0.39, 0.29) is 12.7 Å². The van der Waals surface area contributed by atoms with E-state index in [1.807, 2.05) is 0 Å². The Morgan fingerprint density at radius 1 is 1.13 bits per heavy atom. The molecular formula is C14H11F7O2. The first-order valence-electron chi connectivity index (χ1n) is 6.55. The van der Waals surface area contributed by atoms with E-state index in [1.54, 1.807) is 0 Å². The molecule has 1 aliphatic carbocycles. The van der Waals surface area contributed by atoms with E-state index in [9.17, 15) is 35.5 Å². The van der Waals surface area contributed by atoms with Crippen molar-refractivity contribution >= 4 is 5.97 Å². The molecule has 0 unspecified atom stereocenters. The van der Waals surface area contributed by atoms with E-state index in [0.29, 0.717) is 12.1 Å². The van der Waals surface area contributed by atoms with Gasteiger partial charge in [-0.1, -0.05) is 0 Å². The minimum absolute atomic E-state index is 0.0677. The number of rotatable bonds is 3. The van der Waals surface area contributed by atoms with Gasteiger partial charge < -0.3 is 4.74 Å². The molecule has 2 nitrogen and oxygen atoms in total. The minimum Gasteiger partial charge on any atom is -0.466 e. The van der Waals surface area contributed by atoms with E-state index in [1.165, 1.54) is 6.92 Å². The lowest BCUT2D eigenvalue weighted by Gasteiger charge is -2.16. The lowest BCUT2D eigenvalue weighted by Crippen LogP contribution is -2.17. The van der Waals surface area contributed by atoms with Gasteiger partial charge in [0.1, 0.15) is 5.67 Å². The monoisotopic (exact) mass is 344 g/mol. The number of halogens is 7. The second kappa shape index (κ2) is 5.38. The van der Waals surface area contributed by atoms with Crippen LogP contribution in [0.5, 0.6) is 0 Å². The molecule has 0 saturated heterocycles. The molecule has 9 heteroatoms. The van der Waals surface area contributed by atoms with Crippen molar-refractivity contribution in [3.8, 4) is 0 Å². The fourth-order valence-corrected chi connectivity index (χ4v) is 2.27. The molecule has 1 saturated carbocycles. The van der Waals surface area contributed by atoms with Crippen LogP contribution in [-0.4, -0.2) is 12.6 Å². The molecule has 1 fully saturated rings. The Kier molecular flexibility index (Phi) is 4.11. The number of benzene rings is 1. The molecule has 1 aliphatic rings. The zero-order valence-electron chi connectivity index (χ0n) is 11.7. The Hall–Kier alpha value is -1.80. The second-order valence-corrected chi connectivity index (χ2v) is 5.17. The number of hydrogen-bond donors (Lipinski definition) is 0. The zero-order chi connectivity index (χ0) is 17.6. The van der Waals surface area contributed by atoms with Crippen LogP contribution in [-0.2, 0) is 27.6 Å². The molecule has 0 aliphatic heterocycles. The van der Waals surface area contributed by atoms with E-state index < -0.39 is 53.0 Å². The summed E-state index contributed by atoms with van der Waals surface area (Å²) in [4.78, 5) is 11.5. The van der Waals surface area contributed by atoms with Crippen molar-refractivity contribution in [3.05, 3.63) is 34.9 Å². The minimum atomic E-state index is -5.07. The highest BCUT2D eigenvalue weighted by Gasteiger charge is 2.62. The van der Waals surface area contributed by atoms with E-state index in [2.05, 4.69) is 4.74 Å². The standard InChI is InChI=1S/C14H11F7O2/c1-2-23-11(22)10-6-12(10,15)7-3-8(13(16,17)18)5-9(4-7)14(19,20)21/h3-5,10H,2,6H2,1H3/t10-,12+/m1/s1. The van der Waals surface area contributed by atoms with Crippen molar-refractivity contribution < 1.29 is 40.3 Å². The molecule has 2 rings (SSSR count). The first-order chi connectivity index (χ1) is 10.4. The molecule has 0 spiro atoms. The molecular weight excluding hydrogens is 333 g/mol. The van der Waals surface area contributed by atoms with Gasteiger partial charge in [0.25, 0.3) is 0 Å². The van der Waals surface area contributed by atoms with Gasteiger partial charge in [-0.25, -0.2) is 4.39 Å². The largest absolute Gasteiger partial charge is 0.466 e. The van der Waals surface area contributed by atoms with Crippen LogP contribution in [0.4, 0.5) is 30.7 Å². The maximum absolute atomic E-state index is 14.6. The van der Waals surface area contributed by atoms with Crippen molar-refractivity contribution in [2.24, 2.45) is 5.92 Å². The van der Waals surface area contributed by atoms with Crippen LogP contribution < -0.4 is 0 Å². The zero-order valence-corrected chi connectivity index (χ0v) is 11.7. The molecule has 1 aromatic carbocycles. The normalized spacial score (nSPS) is 24.4. The number of carbonyl (C=O) groups is 1. The Morgan fingerprint density at radius 2 is 1.61 bits per heavy atom. The van der Waals surface area contributed by atoms with Gasteiger partial charge >= 0.3 is 18.3 Å². The third-order valence-electron chi connectivity index (χ3n) is 3.53. The van der Waals surface area contributed by atoms with E-state index in [4.69, 9.17) is 0 Å². The van der Waals surface area contributed by atoms with Crippen LogP contribution in [0, 0.1) is 5.92 Å². The van der Waals surface area contributed by atoms with Crippen LogP contribution in [0.1, 0.15) is 30.0 Å². The van der Waals surface area contributed by atoms with Crippen LogP contribution in [0.2, 0.25) is 0 Å². The average molecular weight is 344 g/mol. The number of hydrogen-bond acceptors (Lipinski definition) is 2. The summed E-state index contributed by atoms with van der Waals surface area (Å²) in [5, 5.41) is 0. The summed E-state index contributed by atoms with van der Waals surface area (Å²) < 4.78 is 95.6. The quantitative estimate of drug-likeness (QED) is 0.597. The first-order valence-corrected chi connectivity index (χ1v) is 6.55. The van der Waals surface area contributed by atoms with Gasteiger partial charge in [-0.3, -0.25) is 4.79 Å². The van der Waals surface area contributed by atoms with E-state index in [0.717, 1.165) is 0 Å². The molecule has 0 radical (unpaired) electrons. The van der Waals surface area contributed by atoms with Crippen molar-refractivity contribution in [3.63, 3.8) is 0 Å². The predicted octanol–water partition coefficient (Wildman–Crippen LogP) is 4.47. The van der Waals surface area contributed by atoms with Gasteiger partial charge in [0, 0.05) is 6.42 Å². The summed E-state index contributed by atoms with van der Waals surface area (Å²) in [6, 6.07) is 0.511. The number of esters is 1. The van der Waals surface area contributed by atoms with Gasteiger partial charge in [-0.05, 0) is 30.7 Å². The van der Waals surface area contributed by atoms with Crippen molar-refractivity contribution in [1.82, 2.24) is 0 Å². The topological polar surface area (TPSA) is 26.3 Å². The molecule has 0 amide bonds. The Bertz CT molecular complexity index is 588. The van der Waals surface area contributed by atoms with Crippen LogP contribution >= 0.6 is 0 Å². The van der Waals surface area contributed by atoms with Gasteiger partial charge in [0.05, 0.1) is 23.7 Å². The third-order valence-corrected chi connectivity index (χ3v) is 3.53. The van der Waals surface area contributed by atoms with Gasteiger partial charge in [-0.2, -0.15) is 26.3 Å². The van der Waals surface area contributed by atoms with E-state index >= 15 is 0 Å². The summed E-state index contributed by atoms with van der Waals surface area (Å²) in [5.74, 6) is -2.38. The van der Waals surface area contributed by atoms with Crippen LogP contribution in [0.25, 0.3) is 0 Å². The molecule has 128 valence electrons. The lowest BCUT2D eigenvalue weighted by molar-refractivity contribution is -0.146. The summed E-state index contributed by atoms with van der Waals surface area (Å²) in [6.07, 6.45) is -10.6. The second-order valence-electron chi connectivity index (χ2n) is 5.17. The summed E-state index contributed by atoms with van der Waals surface area (Å²) in [5.41, 5.74) is -6.63. The predicted molar refractivity (Wildman–Crippen MR) is 64.0 cm³/mol. The summed E-state index contributed by atoms with van der Waals surface area (Å²) in [7, 11) is 0. The molecule has 0 N–H and O–H groups in total.